The quantitative estimate of drug-likeness (QED) is 0.558. The van der Waals surface area contributed by atoms with E-state index in [1.165, 1.54) is 6.20 Å². The molecule has 4 heteroatoms. The molecule has 13 heavy (non-hydrogen) atoms. The van der Waals surface area contributed by atoms with Crippen molar-refractivity contribution >= 4 is 5.76 Å². The van der Waals surface area contributed by atoms with E-state index in [1.54, 1.807) is 12.1 Å². The lowest BCUT2D eigenvalue weighted by Crippen LogP contribution is -2.31. The molecule has 0 saturated heterocycles. The smallest absolute Gasteiger partial charge is 0.141 e. The number of aliphatic hydroxyl groups excluding tert-OH is 1. The summed E-state index contributed by atoms with van der Waals surface area (Å²) in [7, 11) is 0. The van der Waals surface area contributed by atoms with Crippen LogP contribution in [0.25, 0.3) is 5.76 Å². The average Bonchev–Trinajstić information content (AvgIpc) is 2.15. The lowest BCUT2D eigenvalue weighted by Gasteiger charge is -2.27. The van der Waals surface area contributed by atoms with Gasteiger partial charge in [-0.2, -0.15) is 0 Å². The van der Waals surface area contributed by atoms with Gasteiger partial charge in [0.2, 0.25) is 0 Å². The summed E-state index contributed by atoms with van der Waals surface area (Å²) >= 11 is 0. The molecule has 4 nitrogen and oxygen atoms in total. The van der Waals surface area contributed by atoms with Crippen LogP contribution in [0.1, 0.15) is 17.3 Å². The van der Waals surface area contributed by atoms with Crippen molar-refractivity contribution in [2.24, 2.45) is 5.73 Å². The number of fused-ring (bicyclic) bond motifs is 1. The fraction of sp³-hybridized carbons (Fsp3) is 0.111. The minimum Gasteiger partial charge on any atom is -0.506 e. The van der Waals surface area contributed by atoms with Crippen LogP contribution in [-0.2, 0) is 0 Å². The maximum absolute atomic E-state index is 9.45. The van der Waals surface area contributed by atoms with Gasteiger partial charge in [-0.1, -0.05) is 24.3 Å². The van der Waals surface area contributed by atoms with Crippen LogP contribution in [-0.4, -0.2) is 15.4 Å². The molecule has 0 aliphatic carbocycles. The summed E-state index contributed by atoms with van der Waals surface area (Å²) in [5.74, 6) is 0.0276. The van der Waals surface area contributed by atoms with Crippen LogP contribution < -0.4 is 5.73 Å². The Morgan fingerprint density at radius 2 is 2.00 bits per heavy atom. The topological polar surface area (TPSA) is 69.7 Å². The highest BCUT2D eigenvalue weighted by Gasteiger charge is 2.22. The summed E-state index contributed by atoms with van der Waals surface area (Å²) in [6.45, 7) is 0. The molecule has 1 atom stereocenters. The highest BCUT2D eigenvalue weighted by atomic mass is 16.5. The fourth-order valence-corrected chi connectivity index (χ4v) is 1.41. The van der Waals surface area contributed by atoms with E-state index in [-0.39, 0.29) is 5.76 Å². The van der Waals surface area contributed by atoms with Crippen LogP contribution >= 0.6 is 0 Å². The largest absolute Gasteiger partial charge is 0.506 e. The number of aliphatic hydroxyl groups is 1. The molecule has 0 fully saturated rings. The predicted molar refractivity (Wildman–Crippen MR) is 47.6 cm³/mol. The van der Waals surface area contributed by atoms with Crippen molar-refractivity contribution in [3.63, 3.8) is 0 Å². The highest BCUT2D eigenvalue weighted by Crippen LogP contribution is 2.28. The molecule has 1 aromatic rings. The molecule has 0 saturated carbocycles. The summed E-state index contributed by atoms with van der Waals surface area (Å²) in [5, 5.41) is 19.5. The van der Waals surface area contributed by atoms with E-state index in [1.807, 2.05) is 12.1 Å². The Labute approximate surface area is 75.5 Å². The summed E-state index contributed by atoms with van der Waals surface area (Å²) in [6.07, 6.45) is 0.597. The number of hydroxylamine groups is 2. The Morgan fingerprint density at radius 1 is 1.31 bits per heavy atom. The van der Waals surface area contributed by atoms with Crippen LogP contribution in [0.5, 0.6) is 0 Å². The Morgan fingerprint density at radius 3 is 2.77 bits per heavy atom. The van der Waals surface area contributed by atoms with Crippen molar-refractivity contribution in [2.75, 3.05) is 0 Å². The molecule has 4 N–H and O–H groups in total. The first-order valence-corrected chi connectivity index (χ1v) is 3.93. The molecule has 0 amide bonds. The van der Waals surface area contributed by atoms with Crippen LogP contribution in [0, 0.1) is 0 Å². The second-order valence-electron chi connectivity index (χ2n) is 2.93. The van der Waals surface area contributed by atoms with Crippen molar-refractivity contribution in [1.82, 2.24) is 5.06 Å². The Hall–Kier alpha value is -1.52. The molecule has 0 aromatic heterocycles. The van der Waals surface area contributed by atoms with Gasteiger partial charge in [-0.3, -0.25) is 5.21 Å². The number of nitrogens with zero attached hydrogens (tertiary/aromatic N) is 1. The molecule has 1 heterocycles. The molecule has 1 aliphatic rings. The van der Waals surface area contributed by atoms with E-state index in [4.69, 9.17) is 5.73 Å². The van der Waals surface area contributed by atoms with Gasteiger partial charge in [0, 0.05) is 11.1 Å². The van der Waals surface area contributed by atoms with E-state index in [9.17, 15) is 10.3 Å². The molecule has 68 valence electrons. The lowest BCUT2D eigenvalue weighted by atomic mass is 10.0. The van der Waals surface area contributed by atoms with Crippen molar-refractivity contribution in [3.8, 4) is 0 Å². The zero-order valence-corrected chi connectivity index (χ0v) is 6.88. The molecular formula is C9H10N2O2. The zero-order valence-electron chi connectivity index (χ0n) is 6.88. The van der Waals surface area contributed by atoms with Gasteiger partial charge in [0.25, 0.3) is 0 Å². The van der Waals surface area contributed by atoms with Crippen LogP contribution in [0.15, 0.2) is 30.5 Å². The summed E-state index contributed by atoms with van der Waals surface area (Å²) in [6, 6.07) is 7.15. The van der Waals surface area contributed by atoms with E-state index < -0.39 is 6.17 Å². The van der Waals surface area contributed by atoms with Gasteiger partial charge in [0.1, 0.15) is 11.9 Å². The number of benzene rings is 1. The molecule has 1 unspecified atom stereocenters. The maximum Gasteiger partial charge on any atom is 0.141 e. The Kier molecular flexibility index (Phi) is 1.72. The first-order chi connectivity index (χ1) is 6.20. The first kappa shape index (κ1) is 8.10. The van der Waals surface area contributed by atoms with E-state index in [0.29, 0.717) is 11.1 Å². The normalized spacial score (nSPS) is 20.9. The van der Waals surface area contributed by atoms with Gasteiger partial charge >= 0.3 is 0 Å². The van der Waals surface area contributed by atoms with Crippen LogP contribution in [0.3, 0.4) is 0 Å². The third-order valence-electron chi connectivity index (χ3n) is 2.09. The average molecular weight is 178 g/mol. The van der Waals surface area contributed by atoms with Gasteiger partial charge < -0.3 is 10.8 Å². The van der Waals surface area contributed by atoms with Crippen molar-refractivity contribution in [1.29, 1.82) is 0 Å². The SMILES string of the molecule is NC1c2ccccc2C(O)=CN1O. The molecular weight excluding hydrogens is 168 g/mol. The second-order valence-corrected chi connectivity index (χ2v) is 2.93. The van der Waals surface area contributed by atoms with Gasteiger partial charge in [-0.25, -0.2) is 5.06 Å². The molecule has 1 aromatic carbocycles. The predicted octanol–water partition coefficient (Wildman–Crippen LogP) is 1.21. The summed E-state index contributed by atoms with van der Waals surface area (Å²) in [5.41, 5.74) is 7.05. The molecule has 2 rings (SSSR count). The Bertz CT molecular complexity index is 362. The number of nitrogens with two attached hydrogens (primary N) is 1. The fourth-order valence-electron chi connectivity index (χ4n) is 1.41. The highest BCUT2D eigenvalue weighted by molar-refractivity contribution is 5.63. The number of rotatable bonds is 0. The monoisotopic (exact) mass is 178 g/mol. The molecule has 0 spiro atoms. The van der Waals surface area contributed by atoms with Crippen molar-refractivity contribution in [2.45, 2.75) is 6.17 Å². The molecule has 1 aliphatic heterocycles. The van der Waals surface area contributed by atoms with Crippen molar-refractivity contribution < 1.29 is 10.3 Å². The van der Waals surface area contributed by atoms with E-state index in [2.05, 4.69) is 0 Å². The maximum atomic E-state index is 9.45. The minimum absolute atomic E-state index is 0.0276. The first-order valence-electron chi connectivity index (χ1n) is 3.93. The molecule has 0 bridgehead atoms. The van der Waals surface area contributed by atoms with Crippen LogP contribution in [0.2, 0.25) is 0 Å². The Balaban J connectivity index is 2.58. The van der Waals surface area contributed by atoms with Gasteiger partial charge in [-0.15, -0.1) is 0 Å². The third kappa shape index (κ3) is 1.16. The van der Waals surface area contributed by atoms with Gasteiger partial charge in [0.05, 0.1) is 6.20 Å². The number of hydrogen-bond acceptors (Lipinski definition) is 4. The van der Waals surface area contributed by atoms with Gasteiger partial charge in [0.15, 0.2) is 0 Å². The van der Waals surface area contributed by atoms with Crippen molar-refractivity contribution in [3.05, 3.63) is 41.6 Å². The third-order valence-corrected chi connectivity index (χ3v) is 2.09. The lowest BCUT2D eigenvalue weighted by molar-refractivity contribution is -0.0815. The van der Waals surface area contributed by atoms with E-state index >= 15 is 0 Å². The standard InChI is InChI=1S/C9H10N2O2/c10-9-7-4-2-1-3-6(7)8(12)5-11(9)13/h1-5,9,12-13H,10H2. The summed E-state index contributed by atoms with van der Waals surface area (Å²) < 4.78 is 0. The van der Waals surface area contributed by atoms with Gasteiger partial charge in [-0.05, 0) is 0 Å². The molecule has 0 radical (unpaired) electrons. The zero-order chi connectivity index (χ0) is 9.42. The van der Waals surface area contributed by atoms with E-state index in [0.717, 1.165) is 5.06 Å². The number of hydrogen-bond donors (Lipinski definition) is 3. The summed E-state index contributed by atoms with van der Waals surface area (Å²) in [4.78, 5) is 0. The van der Waals surface area contributed by atoms with Crippen LogP contribution in [0.4, 0.5) is 0 Å². The second kappa shape index (κ2) is 2.76. The minimum atomic E-state index is -0.605.